The van der Waals surface area contributed by atoms with Gasteiger partial charge in [-0.25, -0.2) is 9.78 Å². The van der Waals surface area contributed by atoms with E-state index in [1.807, 2.05) is 13.8 Å². The van der Waals surface area contributed by atoms with E-state index in [-0.39, 0.29) is 29.0 Å². The molecule has 9 nitrogen and oxygen atoms in total. The molecular weight excluding hydrogens is 334 g/mol. The molecule has 0 atom stereocenters. The Morgan fingerprint density at radius 1 is 1.42 bits per heavy atom. The van der Waals surface area contributed by atoms with Gasteiger partial charge in [-0.05, 0) is 12.8 Å². The van der Waals surface area contributed by atoms with Gasteiger partial charge in [-0.15, -0.1) is 21.6 Å². The lowest BCUT2D eigenvalue weighted by Gasteiger charge is -2.04. The maximum absolute atomic E-state index is 12.0. The van der Waals surface area contributed by atoms with Crippen molar-refractivity contribution in [1.29, 1.82) is 0 Å². The quantitative estimate of drug-likeness (QED) is 0.608. The van der Waals surface area contributed by atoms with E-state index in [9.17, 15) is 14.7 Å². The predicted molar refractivity (Wildman–Crippen MR) is 87.3 cm³/mol. The SMILES string of the molecule is CCOC(=O)c1csc(N=Nc2c(O)nc(CC(C)C)[nH]c2=O)n1. The van der Waals surface area contributed by atoms with Crippen molar-refractivity contribution in [2.45, 2.75) is 27.2 Å². The molecule has 0 bridgehead atoms. The summed E-state index contributed by atoms with van der Waals surface area (Å²) in [6, 6.07) is 0. The predicted octanol–water partition coefficient (Wildman–Crippen LogP) is 2.72. The number of esters is 1. The highest BCUT2D eigenvalue weighted by Crippen LogP contribution is 2.24. The van der Waals surface area contributed by atoms with Crippen molar-refractivity contribution in [2.75, 3.05) is 6.61 Å². The number of aromatic amines is 1. The van der Waals surface area contributed by atoms with Crippen LogP contribution in [0.25, 0.3) is 0 Å². The molecule has 2 N–H and O–H groups in total. The molecule has 0 fully saturated rings. The number of nitrogens with one attached hydrogen (secondary N) is 1. The first-order valence-corrected chi connectivity index (χ1v) is 8.15. The van der Waals surface area contributed by atoms with Gasteiger partial charge in [0.25, 0.3) is 5.56 Å². The van der Waals surface area contributed by atoms with Gasteiger partial charge >= 0.3 is 5.97 Å². The highest BCUT2D eigenvalue weighted by molar-refractivity contribution is 7.13. The molecule has 10 heteroatoms. The number of azo groups is 1. The van der Waals surface area contributed by atoms with Crippen LogP contribution >= 0.6 is 11.3 Å². The van der Waals surface area contributed by atoms with Crippen molar-refractivity contribution in [3.63, 3.8) is 0 Å². The van der Waals surface area contributed by atoms with Crippen LogP contribution in [-0.4, -0.2) is 32.6 Å². The first-order valence-electron chi connectivity index (χ1n) is 7.27. The Hall–Kier alpha value is -2.62. The number of hydrogen-bond donors (Lipinski definition) is 2. The van der Waals surface area contributed by atoms with Crippen LogP contribution in [0, 0.1) is 5.92 Å². The van der Waals surface area contributed by atoms with Gasteiger partial charge in [0.2, 0.25) is 16.7 Å². The van der Waals surface area contributed by atoms with E-state index in [2.05, 4.69) is 25.2 Å². The average molecular weight is 351 g/mol. The number of aromatic nitrogens is 3. The molecule has 0 spiro atoms. The Balaban J connectivity index is 2.20. The van der Waals surface area contributed by atoms with Crippen molar-refractivity contribution < 1.29 is 14.6 Å². The Bertz CT molecular complexity index is 812. The van der Waals surface area contributed by atoms with E-state index in [1.54, 1.807) is 6.92 Å². The van der Waals surface area contributed by atoms with E-state index < -0.39 is 17.4 Å². The molecule has 2 rings (SSSR count). The molecule has 24 heavy (non-hydrogen) atoms. The summed E-state index contributed by atoms with van der Waals surface area (Å²) in [6.07, 6.45) is 0.523. The summed E-state index contributed by atoms with van der Waals surface area (Å²) >= 11 is 1.06. The Labute approximate surface area is 141 Å². The highest BCUT2D eigenvalue weighted by Gasteiger charge is 2.13. The second-order valence-electron chi connectivity index (χ2n) is 5.22. The third kappa shape index (κ3) is 4.44. The minimum atomic E-state index is -0.593. The van der Waals surface area contributed by atoms with E-state index in [0.29, 0.717) is 12.2 Å². The van der Waals surface area contributed by atoms with Crippen LogP contribution in [0.15, 0.2) is 20.4 Å². The summed E-state index contributed by atoms with van der Waals surface area (Å²) in [4.78, 5) is 33.9. The smallest absolute Gasteiger partial charge is 0.357 e. The van der Waals surface area contributed by atoms with Gasteiger partial charge in [0.15, 0.2) is 5.69 Å². The third-order valence-electron chi connectivity index (χ3n) is 2.74. The third-order valence-corrected chi connectivity index (χ3v) is 3.46. The summed E-state index contributed by atoms with van der Waals surface area (Å²) in [6.45, 7) is 5.86. The van der Waals surface area contributed by atoms with Gasteiger partial charge in [-0.2, -0.15) is 4.98 Å². The molecule has 0 saturated carbocycles. The van der Waals surface area contributed by atoms with Crippen molar-refractivity contribution in [1.82, 2.24) is 15.0 Å². The summed E-state index contributed by atoms with van der Waals surface area (Å²) in [7, 11) is 0. The Morgan fingerprint density at radius 3 is 2.79 bits per heavy atom. The van der Waals surface area contributed by atoms with Crippen molar-refractivity contribution in [3.05, 3.63) is 27.3 Å². The Morgan fingerprint density at radius 2 is 2.17 bits per heavy atom. The summed E-state index contributed by atoms with van der Waals surface area (Å²) in [5, 5.41) is 18.9. The standard InChI is InChI=1S/C14H17N5O4S/c1-4-23-13(22)8-6-24-14(15-8)19-18-10-11(20)16-9(5-7(2)3)17-12(10)21/h6-7H,4-5H2,1-3H3,(H2,16,17,20,21). The van der Waals surface area contributed by atoms with Crippen LogP contribution in [-0.2, 0) is 11.2 Å². The highest BCUT2D eigenvalue weighted by atomic mass is 32.1. The molecule has 0 unspecified atom stereocenters. The number of carbonyl (C=O) groups excluding carboxylic acids is 1. The van der Waals surface area contributed by atoms with Crippen molar-refractivity contribution >= 4 is 28.1 Å². The molecule has 2 aromatic rings. The number of carbonyl (C=O) groups is 1. The van der Waals surface area contributed by atoms with Gasteiger partial charge < -0.3 is 14.8 Å². The lowest BCUT2D eigenvalue weighted by Crippen LogP contribution is -2.12. The maximum Gasteiger partial charge on any atom is 0.357 e. The number of aromatic hydroxyl groups is 1. The van der Waals surface area contributed by atoms with Crippen LogP contribution in [0.5, 0.6) is 5.88 Å². The number of H-pyrrole nitrogens is 1. The molecule has 0 aromatic carbocycles. The largest absolute Gasteiger partial charge is 0.492 e. The summed E-state index contributed by atoms with van der Waals surface area (Å²) in [5.74, 6) is -0.405. The van der Waals surface area contributed by atoms with Crippen LogP contribution in [0.1, 0.15) is 37.1 Å². The molecule has 0 saturated heterocycles. The Kier molecular flexibility index (Phi) is 5.74. The van der Waals surface area contributed by atoms with Gasteiger partial charge in [-0.1, -0.05) is 13.8 Å². The fourth-order valence-electron chi connectivity index (χ4n) is 1.78. The van der Waals surface area contributed by atoms with Gasteiger partial charge in [0.1, 0.15) is 5.82 Å². The number of thiazole rings is 1. The first kappa shape index (κ1) is 17.7. The average Bonchev–Trinajstić information content (AvgIpc) is 2.95. The molecule has 0 aliphatic rings. The number of ether oxygens (including phenoxy) is 1. The molecule has 0 aliphatic carbocycles. The topological polar surface area (TPSA) is 130 Å². The molecule has 2 aromatic heterocycles. The lowest BCUT2D eigenvalue weighted by molar-refractivity contribution is 0.0520. The summed E-state index contributed by atoms with van der Waals surface area (Å²) < 4.78 is 4.81. The zero-order valence-electron chi connectivity index (χ0n) is 13.4. The van der Waals surface area contributed by atoms with Crippen molar-refractivity contribution in [3.8, 4) is 5.88 Å². The first-order chi connectivity index (χ1) is 11.4. The lowest BCUT2D eigenvalue weighted by atomic mass is 10.1. The second-order valence-corrected chi connectivity index (χ2v) is 6.06. The minimum Gasteiger partial charge on any atom is -0.492 e. The zero-order chi connectivity index (χ0) is 17.7. The van der Waals surface area contributed by atoms with Crippen LogP contribution in [0.4, 0.5) is 10.8 Å². The van der Waals surface area contributed by atoms with E-state index in [4.69, 9.17) is 4.74 Å². The van der Waals surface area contributed by atoms with Gasteiger partial charge in [0, 0.05) is 11.8 Å². The monoisotopic (exact) mass is 351 g/mol. The molecule has 0 radical (unpaired) electrons. The molecular formula is C14H17N5O4S. The normalized spacial score (nSPS) is 11.3. The number of nitrogens with zero attached hydrogens (tertiary/aromatic N) is 4. The molecule has 0 aliphatic heterocycles. The fourth-order valence-corrected chi connectivity index (χ4v) is 2.38. The second kappa shape index (κ2) is 7.77. The minimum absolute atomic E-state index is 0.110. The molecule has 2 heterocycles. The van der Waals surface area contributed by atoms with Crippen LogP contribution in [0.2, 0.25) is 0 Å². The summed E-state index contributed by atoms with van der Waals surface area (Å²) in [5.41, 5.74) is -0.793. The molecule has 128 valence electrons. The fraction of sp³-hybridized carbons (Fsp3) is 0.429. The van der Waals surface area contributed by atoms with Gasteiger partial charge in [-0.3, -0.25) is 4.79 Å². The maximum atomic E-state index is 12.0. The van der Waals surface area contributed by atoms with E-state index in [1.165, 1.54) is 5.38 Å². The van der Waals surface area contributed by atoms with Gasteiger partial charge in [0.05, 0.1) is 6.61 Å². The zero-order valence-corrected chi connectivity index (χ0v) is 14.3. The number of hydrogen-bond acceptors (Lipinski definition) is 9. The van der Waals surface area contributed by atoms with Crippen LogP contribution < -0.4 is 5.56 Å². The van der Waals surface area contributed by atoms with E-state index in [0.717, 1.165) is 11.3 Å². The van der Waals surface area contributed by atoms with E-state index >= 15 is 0 Å². The van der Waals surface area contributed by atoms with Crippen LogP contribution in [0.3, 0.4) is 0 Å². The molecule has 0 amide bonds. The van der Waals surface area contributed by atoms with Crippen molar-refractivity contribution in [2.24, 2.45) is 16.1 Å². The number of rotatable bonds is 6.